The Morgan fingerprint density at radius 3 is 2.00 bits per heavy atom. The quantitative estimate of drug-likeness (QED) is 0.379. The number of hydrogen-bond donors (Lipinski definition) is 1. The molecule has 0 bridgehead atoms. The van der Waals surface area contributed by atoms with E-state index in [0.717, 1.165) is 17.6 Å². The lowest BCUT2D eigenvalue weighted by Gasteiger charge is -2.23. The third-order valence-corrected chi connectivity index (χ3v) is 5.22. The van der Waals surface area contributed by atoms with Crippen molar-refractivity contribution in [3.05, 3.63) is 52.7 Å². The fraction of sp³-hybridized carbons (Fsp3) is 0.542. The number of hydrogen-bond acceptors (Lipinski definition) is 4. The van der Waals surface area contributed by atoms with Crippen LogP contribution in [0.25, 0.3) is 0 Å². The van der Waals surface area contributed by atoms with E-state index in [4.69, 9.17) is 4.42 Å². The van der Waals surface area contributed by atoms with E-state index in [0.29, 0.717) is 31.0 Å². The van der Waals surface area contributed by atoms with E-state index >= 15 is 0 Å². The van der Waals surface area contributed by atoms with Crippen LogP contribution in [0.1, 0.15) is 78.4 Å². The minimum atomic E-state index is -5.08. The molecule has 0 saturated carbocycles. The predicted molar refractivity (Wildman–Crippen MR) is 119 cm³/mol. The van der Waals surface area contributed by atoms with Crippen molar-refractivity contribution in [2.75, 3.05) is 13.1 Å². The summed E-state index contributed by atoms with van der Waals surface area (Å²) in [5.74, 6) is -1.18. The van der Waals surface area contributed by atoms with E-state index in [1.54, 1.807) is 0 Å². The number of benzene rings is 1. The van der Waals surface area contributed by atoms with Crippen LogP contribution in [0.15, 0.2) is 28.9 Å². The van der Waals surface area contributed by atoms with Crippen LogP contribution in [-0.4, -0.2) is 34.8 Å². The van der Waals surface area contributed by atoms with Gasteiger partial charge in [-0.15, -0.1) is 0 Å². The number of nitrogens with zero attached hydrogens (tertiary/aromatic N) is 2. The normalized spacial score (nSPS) is 12.3. The highest BCUT2D eigenvalue weighted by Crippen LogP contribution is 2.36. The molecule has 36 heavy (non-hydrogen) atoms. The second kappa shape index (κ2) is 11.8. The van der Waals surface area contributed by atoms with Gasteiger partial charge in [0.15, 0.2) is 5.69 Å². The van der Waals surface area contributed by atoms with Crippen molar-refractivity contribution in [1.29, 1.82) is 0 Å². The van der Waals surface area contributed by atoms with Crippen molar-refractivity contribution in [3.8, 4) is 0 Å². The molecule has 6 nitrogen and oxygen atoms in total. The molecule has 0 saturated heterocycles. The minimum Gasteiger partial charge on any atom is -0.446 e. The van der Waals surface area contributed by atoms with E-state index in [1.165, 1.54) is 0 Å². The maximum absolute atomic E-state index is 13.3. The number of aromatic nitrogens is 1. The Bertz CT molecular complexity index is 1010. The summed E-state index contributed by atoms with van der Waals surface area (Å²) in [7, 11) is 0. The van der Waals surface area contributed by atoms with Gasteiger partial charge in [0.2, 0.25) is 5.89 Å². The highest BCUT2D eigenvalue weighted by atomic mass is 19.4. The van der Waals surface area contributed by atoms with E-state index in [2.05, 4.69) is 10.3 Å². The Hall–Kier alpha value is -3.05. The summed E-state index contributed by atoms with van der Waals surface area (Å²) in [6, 6.07) is 0.750. The molecule has 0 aliphatic heterocycles. The molecule has 1 heterocycles. The molecule has 12 heteroatoms. The van der Waals surface area contributed by atoms with Gasteiger partial charge in [-0.2, -0.15) is 26.3 Å². The number of amides is 2. The van der Waals surface area contributed by atoms with Crippen molar-refractivity contribution in [3.63, 3.8) is 0 Å². The predicted octanol–water partition coefficient (Wildman–Crippen LogP) is 6.18. The van der Waals surface area contributed by atoms with E-state index in [1.807, 2.05) is 27.7 Å². The molecule has 200 valence electrons. The molecular weight excluding hydrogens is 492 g/mol. The molecule has 0 fully saturated rings. The van der Waals surface area contributed by atoms with E-state index in [-0.39, 0.29) is 36.7 Å². The van der Waals surface area contributed by atoms with Crippen LogP contribution in [0.2, 0.25) is 0 Å². The average Bonchev–Trinajstić information content (AvgIpc) is 3.23. The highest BCUT2D eigenvalue weighted by molar-refractivity contribution is 5.95. The number of carbonyl (C=O) groups excluding carboxylic acids is 2. The van der Waals surface area contributed by atoms with Crippen LogP contribution >= 0.6 is 0 Å². The summed E-state index contributed by atoms with van der Waals surface area (Å²) in [5.41, 5.74) is -3.98. The molecule has 0 radical (unpaired) electrons. The molecule has 2 amide bonds. The van der Waals surface area contributed by atoms with Crippen LogP contribution in [0.4, 0.5) is 26.3 Å². The second-order valence-corrected chi connectivity index (χ2v) is 9.27. The first kappa shape index (κ1) is 29.2. The summed E-state index contributed by atoms with van der Waals surface area (Å²) >= 11 is 0. The fourth-order valence-corrected chi connectivity index (χ4v) is 3.14. The van der Waals surface area contributed by atoms with Gasteiger partial charge < -0.3 is 14.6 Å². The lowest BCUT2D eigenvalue weighted by atomic mass is 10.0. The van der Waals surface area contributed by atoms with Crippen LogP contribution in [0, 0.1) is 11.8 Å². The molecule has 1 aromatic heterocycles. The Kier molecular flexibility index (Phi) is 9.56. The standard InChI is InChI=1S/C24H29F6N3O3/c1-14(2)5-7-31-21(34)19-13-36-20(32-19)12-33(8-6-15(3)4)22(35)16-9-17(23(25,26)27)11-18(10-16)24(28,29)30/h9-11,13-15H,5-8,12H2,1-4H3,(H,31,34). The summed E-state index contributed by atoms with van der Waals surface area (Å²) < 4.78 is 84.8. The van der Waals surface area contributed by atoms with Crippen LogP contribution < -0.4 is 5.32 Å². The van der Waals surface area contributed by atoms with Gasteiger partial charge in [0.25, 0.3) is 11.8 Å². The van der Waals surface area contributed by atoms with Crippen molar-refractivity contribution in [1.82, 2.24) is 15.2 Å². The fourth-order valence-electron chi connectivity index (χ4n) is 3.14. The zero-order chi connectivity index (χ0) is 27.3. The Morgan fingerprint density at radius 1 is 0.944 bits per heavy atom. The lowest BCUT2D eigenvalue weighted by molar-refractivity contribution is -0.143. The molecule has 0 atom stereocenters. The van der Waals surface area contributed by atoms with Gasteiger partial charge in [-0.05, 0) is 42.9 Å². The largest absolute Gasteiger partial charge is 0.446 e. The van der Waals surface area contributed by atoms with Gasteiger partial charge in [-0.25, -0.2) is 4.98 Å². The Morgan fingerprint density at radius 2 is 1.50 bits per heavy atom. The van der Waals surface area contributed by atoms with Crippen LogP contribution in [-0.2, 0) is 18.9 Å². The maximum atomic E-state index is 13.3. The van der Waals surface area contributed by atoms with Gasteiger partial charge in [0.05, 0.1) is 17.7 Å². The third-order valence-electron chi connectivity index (χ3n) is 5.22. The van der Waals surface area contributed by atoms with Crippen molar-refractivity contribution < 1.29 is 40.3 Å². The van der Waals surface area contributed by atoms with Gasteiger partial charge in [0.1, 0.15) is 6.26 Å². The number of nitrogens with one attached hydrogen (secondary N) is 1. The Balaban J connectivity index is 2.32. The molecular formula is C24H29F6N3O3. The van der Waals surface area contributed by atoms with Crippen LogP contribution in [0.3, 0.4) is 0 Å². The SMILES string of the molecule is CC(C)CCNC(=O)c1coc(CN(CCC(C)C)C(=O)c2cc(C(F)(F)F)cc(C(F)(F)F)c2)n1. The first-order valence-electron chi connectivity index (χ1n) is 11.4. The van der Waals surface area contributed by atoms with E-state index < -0.39 is 40.9 Å². The first-order chi connectivity index (χ1) is 16.6. The number of carbonyl (C=O) groups is 2. The van der Waals surface area contributed by atoms with Crippen LogP contribution in [0.5, 0.6) is 0 Å². The maximum Gasteiger partial charge on any atom is 0.416 e. The third kappa shape index (κ3) is 8.56. The molecule has 2 aromatic rings. The lowest BCUT2D eigenvalue weighted by Crippen LogP contribution is -2.33. The molecule has 2 rings (SSSR count). The topological polar surface area (TPSA) is 75.4 Å². The number of oxazole rings is 1. The summed E-state index contributed by atoms with van der Waals surface area (Å²) in [6.45, 7) is 7.76. The summed E-state index contributed by atoms with van der Waals surface area (Å²) in [5, 5.41) is 2.67. The molecule has 0 spiro atoms. The monoisotopic (exact) mass is 521 g/mol. The Labute approximate surface area is 205 Å². The summed E-state index contributed by atoms with van der Waals surface area (Å²) in [6.07, 6.45) is -7.93. The summed E-state index contributed by atoms with van der Waals surface area (Å²) in [4.78, 5) is 30.4. The highest BCUT2D eigenvalue weighted by Gasteiger charge is 2.38. The van der Waals surface area contributed by atoms with Gasteiger partial charge in [-0.1, -0.05) is 27.7 Å². The van der Waals surface area contributed by atoms with Gasteiger partial charge >= 0.3 is 12.4 Å². The number of alkyl halides is 6. The average molecular weight is 522 g/mol. The zero-order valence-corrected chi connectivity index (χ0v) is 20.4. The number of rotatable bonds is 10. The molecule has 0 unspecified atom stereocenters. The molecule has 1 N–H and O–H groups in total. The van der Waals surface area contributed by atoms with E-state index in [9.17, 15) is 35.9 Å². The molecule has 0 aliphatic carbocycles. The zero-order valence-electron chi connectivity index (χ0n) is 20.4. The van der Waals surface area contributed by atoms with Crippen molar-refractivity contribution >= 4 is 11.8 Å². The molecule has 0 aliphatic rings. The molecule has 1 aromatic carbocycles. The first-order valence-corrected chi connectivity index (χ1v) is 11.4. The smallest absolute Gasteiger partial charge is 0.416 e. The van der Waals surface area contributed by atoms with Gasteiger partial charge in [0, 0.05) is 18.7 Å². The second-order valence-electron chi connectivity index (χ2n) is 9.27. The minimum absolute atomic E-state index is 0.0202. The van der Waals surface area contributed by atoms with Gasteiger partial charge in [-0.3, -0.25) is 9.59 Å². The number of halogens is 6. The van der Waals surface area contributed by atoms with Crippen molar-refractivity contribution in [2.24, 2.45) is 11.8 Å². The van der Waals surface area contributed by atoms with Crippen molar-refractivity contribution in [2.45, 2.75) is 59.4 Å².